The number of carbonyl (C=O) groups is 2. The molecule has 0 bridgehead atoms. The molecule has 1 aromatic heterocycles. The van der Waals surface area contributed by atoms with Crippen LogP contribution in [0.25, 0.3) is 10.9 Å². The van der Waals surface area contributed by atoms with E-state index in [1.165, 1.54) is 72.8 Å². The first-order valence-electron chi connectivity index (χ1n) is 19.6. The average molecular weight is 963 g/mol. The molecule has 7 rings (SSSR count). The Morgan fingerprint density at radius 2 is 1.49 bits per heavy atom. The first-order chi connectivity index (χ1) is 30.7. The lowest BCUT2D eigenvalue weighted by Crippen LogP contribution is -2.37. The highest BCUT2D eigenvalue weighted by Crippen LogP contribution is 2.40. The molecule has 2 heterocycles. The maximum absolute atomic E-state index is 14.0. The van der Waals surface area contributed by atoms with Crippen molar-refractivity contribution in [2.24, 2.45) is 10.2 Å². The van der Waals surface area contributed by atoms with E-state index in [1.807, 2.05) is 0 Å². The van der Waals surface area contributed by atoms with Crippen molar-refractivity contribution in [2.45, 2.75) is 41.9 Å². The molecule has 1 aliphatic heterocycles. The fourth-order valence-electron chi connectivity index (χ4n) is 6.57. The molecule has 0 spiro atoms. The highest BCUT2D eigenvalue weighted by Gasteiger charge is 2.27. The normalized spacial score (nSPS) is 13.5. The van der Waals surface area contributed by atoms with Gasteiger partial charge in [-0.15, -0.1) is 10.2 Å². The number of hydrogen-bond donors (Lipinski definition) is 6. The molecule has 0 saturated carbocycles. The van der Waals surface area contributed by atoms with Gasteiger partial charge in [0.05, 0.1) is 62.6 Å². The van der Waals surface area contributed by atoms with Crippen molar-refractivity contribution >= 4 is 103 Å². The maximum Gasteiger partial charge on any atom is 0.264 e. The van der Waals surface area contributed by atoms with Crippen molar-refractivity contribution in [1.82, 2.24) is 4.37 Å². The second-order valence-electron chi connectivity index (χ2n) is 14.9. The van der Waals surface area contributed by atoms with Crippen molar-refractivity contribution < 1.29 is 49.8 Å². The van der Waals surface area contributed by atoms with Crippen molar-refractivity contribution in [1.29, 1.82) is 0 Å². The third-order valence-corrected chi connectivity index (χ3v) is 14.8. The summed E-state index contributed by atoms with van der Waals surface area (Å²) in [4.78, 5) is 27.3. The molecule has 65 heavy (non-hydrogen) atoms. The van der Waals surface area contributed by atoms with Gasteiger partial charge in [0.1, 0.15) is 10.6 Å². The number of hydrogen-bond acceptors (Lipinski definition) is 16. The van der Waals surface area contributed by atoms with Gasteiger partial charge < -0.3 is 30.5 Å². The van der Waals surface area contributed by atoms with Gasteiger partial charge in [-0.05, 0) is 115 Å². The molecule has 340 valence electrons. The number of benzene rings is 5. The SMILES string of the molecule is CCC(=O)Nc1cc(N=Nc2snc3ccc(S(C)(=O)=O)cc23)cc(NC(=O)c2cccc(S(=O)(=O)Nc3ccc(N4CCOCC4)c(S(=O)(=O)Nc4cc(C)c(C)cc4O)c3)c2)c1O. The van der Waals surface area contributed by atoms with Crippen LogP contribution in [0, 0.1) is 13.8 Å². The zero-order valence-corrected chi connectivity index (χ0v) is 38.4. The monoisotopic (exact) mass is 962 g/mol. The number of aryl methyl sites for hydroxylation is 2. The van der Waals surface area contributed by atoms with Crippen LogP contribution in [0.4, 0.5) is 39.1 Å². The lowest BCUT2D eigenvalue weighted by atomic mass is 10.1. The van der Waals surface area contributed by atoms with Gasteiger partial charge in [-0.25, -0.2) is 25.3 Å². The van der Waals surface area contributed by atoms with Gasteiger partial charge in [0.2, 0.25) is 5.91 Å². The quantitative estimate of drug-likeness (QED) is 0.0467. The molecule has 1 saturated heterocycles. The number of fused-ring (bicyclic) bond motifs is 1. The molecule has 6 N–H and O–H groups in total. The van der Waals surface area contributed by atoms with E-state index in [1.54, 1.807) is 25.7 Å². The van der Waals surface area contributed by atoms with Gasteiger partial charge in [-0.1, -0.05) is 13.0 Å². The van der Waals surface area contributed by atoms with Crippen LogP contribution in [-0.2, 0) is 39.4 Å². The fourth-order valence-corrected chi connectivity index (χ4v) is 10.3. The summed E-state index contributed by atoms with van der Waals surface area (Å²) < 4.78 is 94.7. The Hall–Kier alpha value is -6.66. The Bertz CT molecular complexity index is 3240. The van der Waals surface area contributed by atoms with Gasteiger partial charge in [0, 0.05) is 36.7 Å². The number of amides is 2. The zero-order chi connectivity index (χ0) is 46.8. The highest BCUT2D eigenvalue weighted by atomic mass is 32.2. The highest BCUT2D eigenvalue weighted by molar-refractivity contribution is 7.93. The van der Waals surface area contributed by atoms with Gasteiger partial charge in [-0.3, -0.25) is 19.0 Å². The summed E-state index contributed by atoms with van der Waals surface area (Å²) in [6, 6.07) is 18.8. The van der Waals surface area contributed by atoms with Crippen LogP contribution in [0.3, 0.4) is 0 Å². The predicted molar refractivity (Wildman–Crippen MR) is 247 cm³/mol. The number of sulfonamides is 2. The third kappa shape index (κ3) is 10.5. The Balaban J connectivity index is 1.16. The van der Waals surface area contributed by atoms with Crippen LogP contribution >= 0.6 is 11.5 Å². The summed E-state index contributed by atoms with van der Waals surface area (Å²) in [7, 11) is -12.5. The zero-order valence-electron chi connectivity index (χ0n) is 35.1. The number of nitrogens with zero attached hydrogens (tertiary/aromatic N) is 4. The number of ether oxygens (including phenoxy) is 1. The lowest BCUT2D eigenvalue weighted by Gasteiger charge is -2.30. The first kappa shape index (κ1) is 46.3. The van der Waals surface area contributed by atoms with Crippen LogP contribution < -0.4 is 25.0 Å². The lowest BCUT2D eigenvalue weighted by molar-refractivity contribution is -0.115. The van der Waals surface area contributed by atoms with Crippen molar-refractivity contribution in [3.63, 3.8) is 0 Å². The van der Waals surface area contributed by atoms with E-state index < -0.39 is 47.4 Å². The van der Waals surface area contributed by atoms with Gasteiger partial charge in [0.15, 0.2) is 20.6 Å². The summed E-state index contributed by atoms with van der Waals surface area (Å²) in [6.07, 6.45) is 1.11. The molecular weight excluding hydrogens is 921 g/mol. The van der Waals surface area contributed by atoms with E-state index in [0.29, 0.717) is 37.2 Å². The summed E-state index contributed by atoms with van der Waals surface area (Å²) in [5, 5.41) is 35.9. The van der Waals surface area contributed by atoms with Gasteiger partial charge >= 0.3 is 0 Å². The molecule has 19 nitrogen and oxygen atoms in total. The Kier molecular flexibility index (Phi) is 13.1. The number of morpholine rings is 1. The van der Waals surface area contributed by atoms with Crippen molar-refractivity contribution in [2.75, 3.05) is 57.5 Å². The smallest absolute Gasteiger partial charge is 0.264 e. The number of anilines is 5. The molecule has 1 fully saturated rings. The van der Waals surface area contributed by atoms with E-state index in [0.717, 1.165) is 41.0 Å². The molecule has 6 aromatic rings. The minimum atomic E-state index is -4.49. The van der Waals surface area contributed by atoms with Crippen LogP contribution in [-0.4, -0.2) is 84.2 Å². The maximum atomic E-state index is 14.0. The largest absolute Gasteiger partial charge is 0.506 e. The second kappa shape index (κ2) is 18.4. The van der Waals surface area contributed by atoms with E-state index in [2.05, 4.69) is 34.7 Å². The summed E-state index contributed by atoms with van der Waals surface area (Å²) in [5.41, 5.74) is 1.56. The Labute approximate surface area is 378 Å². The van der Waals surface area contributed by atoms with Gasteiger partial charge in [-0.2, -0.15) is 4.37 Å². The predicted octanol–water partition coefficient (Wildman–Crippen LogP) is 7.18. The number of phenols is 2. The second-order valence-corrected chi connectivity index (χ2v) is 21.0. The molecule has 0 aliphatic carbocycles. The van der Waals surface area contributed by atoms with E-state index in [-0.39, 0.29) is 71.5 Å². The van der Waals surface area contributed by atoms with Crippen LogP contribution in [0.15, 0.2) is 110 Å². The molecule has 23 heteroatoms. The molecule has 0 atom stereocenters. The molecule has 0 radical (unpaired) electrons. The van der Waals surface area contributed by atoms with Gasteiger partial charge in [0.25, 0.3) is 26.0 Å². The molecule has 2 amide bonds. The van der Waals surface area contributed by atoms with Crippen molar-refractivity contribution in [3.8, 4) is 11.5 Å². The minimum Gasteiger partial charge on any atom is -0.506 e. The summed E-state index contributed by atoms with van der Waals surface area (Å²) >= 11 is 0.956. The number of nitrogens with one attached hydrogen (secondary N) is 4. The summed E-state index contributed by atoms with van der Waals surface area (Å²) in [6.45, 7) is 6.50. The average Bonchev–Trinajstić information content (AvgIpc) is 3.68. The number of azo groups is 1. The standard InChI is InChI=1S/C42H42N8O11S4/c1-5-39(52)43-34-20-28(45-46-42-31-23-29(63(4,55)56)10-11-32(31)47-62-42)21-35(40(34)53)44-41(54)26-7-6-8-30(19-26)64(57,58)48-27-9-12-36(50-13-15-61-16-14-50)38(22-27)65(59,60)49-33-17-24(2)25(3)18-37(33)51/h6-12,17-23,48-49,51,53H,5,13-16H2,1-4H3,(H,43,52)(H,44,54). The molecule has 0 unspecified atom stereocenters. The van der Waals surface area contributed by atoms with Crippen LogP contribution in [0.5, 0.6) is 11.5 Å². The summed E-state index contributed by atoms with van der Waals surface area (Å²) in [5.74, 6) is -2.18. The van der Waals surface area contributed by atoms with Crippen molar-refractivity contribution in [3.05, 3.63) is 102 Å². The molecule has 5 aromatic carbocycles. The first-order valence-corrected chi connectivity index (χ1v) is 25.3. The number of rotatable bonds is 14. The topological polar surface area (TPSA) is 275 Å². The van der Waals surface area contributed by atoms with Crippen LogP contribution in [0.1, 0.15) is 34.8 Å². The molecular formula is C42H42N8O11S4. The van der Waals surface area contributed by atoms with E-state index in [9.17, 15) is 45.1 Å². The number of phenolic OH excluding ortho intramolecular Hbond substituents is 2. The number of carbonyl (C=O) groups excluding carboxylic acids is 2. The fraction of sp³-hybridized carbons (Fsp3) is 0.214. The van der Waals surface area contributed by atoms with E-state index >= 15 is 0 Å². The Morgan fingerprint density at radius 3 is 2.20 bits per heavy atom. The number of aromatic hydroxyl groups is 2. The number of sulfone groups is 1. The third-order valence-electron chi connectivity index (χ3n) is 10.2. The van der Waals surface area contributed by atoms with E-state index in [4.69, 9.17) is 4.74 Å². The molecule has 1 aliphatic rings. The Morgan fingerprint density at radius 1 is 0.785 bits per heavy atom. The van der Waals surface area contributed by atoms with Crippen LogP contribution in [0.2, 0.25) is 0 Å². The number of aromatic nitrogens is 1. The minimum absolute atomic E-state index is 0.0431.